The number of hydrogen-bond acceptors (Lipinski definition) is 4. The van der Waals surface area contributed by atoms with Crippen molar-refractivity contribution in [2.75, 3.05) is 0 Å². The maximum absolute atomic E-state index is 11.4. The van der Waals surface area contributed by atoms with Crippen molar-refractivity contribution in [3.8, 4) is 5.69 Å². The van der Waals surface area contributed by atoms with E-state index in [0.717, 1.165) is 0 Å². The zero-order chi connectivity index (χ0) is 11.8. The van der Waals surface area contributed by atoms with Crippen LogP contribution < -0.4 is 11.2 Å². The van der Waals surface area contributed by atoms with Crippen LogP contribution in [0, 0.1) is 5.41 Å². The van der Waals surface area contributed by atoms with Crippen LogP contribution in [0.5, 0.6) is 0 Å². The standard InChI is InChI=1S/C10H8N6O/c11-10-12-8-7(9(17)14-13-8)15-16(10)6-4-2-1-3-5-6/h1-5H,(H,14,17)(H2,11,12,13). The first kappa shape index (κ1) is 9.52. The van der Waals surface area contributed by atoms with Crippen molar-refractivity contribution in [1.29, 1.82) is 5.41 Å². The van der Waals surface area contributed by atoms with Crippen molar-refractivity contribution in [2.45, 2.75) is 0 Å². The molecular weight excluding hydrogens is 220 g/mol. The number of aromatic nitrogens is 5. The molecule has 1 aromatic carbocycles. The first-order valence-electron chi connectivity index (χ1n) is 4.93. The molecule has 0 aliphatic rings. The van der Waals surface area contributed by atoms with E-state index in [0.29, 0.717) is 5.69 Å². The fourth-order valence-electron chi connectivity index (χ4n) is 1.57. The summed E-state index contributed by atoms with van der Waals surface area (Å²) in [4.78, 5) is 15.4. The Morgan fingerprint density at radius 2 is 1.94 bits per heavy atom. The first-order valence-corrected chi connectivity index (χ1v) is 4.93. The molecule has 0 saturated carbocycles. The van der Waals surface area contributed by atoms with Crippen LogP contribution in [0.3, 0.4) is 0 Å². The monoisotopic (exact) mass is 228 g/mol. The molecule has 0 spiro atoms. The van der Waals surface area contributed by atoms with Gasteiger partial charge in [0.25, 0.3) is 5.56 Å². The molecule has 3 rings (SSSR count). The summed E-state index contributed by atoms with van der Waals surface area (Å²) in [7, 11) is 0. The van der Waals surface area contributed by atoms with Crippen LogP contribution in [0.15, 0.2) is 35.1 Å². The van der Waals surface area contributed by atoms with E-state index in [2.05, 4.69) is 20.3 Å². The molecule has 84 valence electrons. The maximum Gasteiger partial charge on any atom is 0.294 e. The highest BCUT2D eigenvalue weighted by atomic mass is 16.1. The number of rotatable bonds is 1. The molecule has 2 heterocycles. The van der Waals surface area contributed by atoms with Crippen LogP contribution in [0.2, 0.25) is 0 Å². The fraction of sp³-hybridized carbons (Fsp3) is 0. The van der Waals surface area contributed by atoms with Crippen molar-refractivity contribution in [2.24, 2.45) is 0 Å². The Kier molecular flexibility index (Phi) is 1.91. The molecule has 7 nitrogen and oxygen atoms in total. The summed E-state index contributed by atoms with van der Waals surface area (Å²) in [6.45, 7) is 0. The van der Waals surface area contributed by atoms with Gasteiger partial charge in [-0.25, -0.2) is 0 Å². The summed E-state index contributed by atoms with van der Waals surface area (Å²) < 4.78 is 1.31. The second kappa shape index (κ2) is 3.41. The predicted octanol–water partition coefficient (Wildman–Crippen LogP) is -0.0836. The molecule has 0 atom stereocenters. The molecule has 2 aromatic heterocycles. The van der Waals surface area contributed by atoms with Gasteiger partial charge in [-0.05, 0) is 12.1 Å². The van der Waals surface area contributed by atoms with Crippen LogP contribution in [-0.2, 0) is 0 Å². The van der Waals surface area contributed by atoms with Gasteiger partial charge in [0.15, 0.2) is 11.2 Å². The lowest BCUT2D eigenvalue weighted by Gasteiger charge is -2.03. The largest absolute Gasteiger partial charge is 0.294 e. The third-order valence-corrected chi connectivity index (χ3v) is 2.35. The lowest BCUT2D eigenvalue weighted by Crippen LogP contribution is -2.25. The Bertz CT molecular complexity index is 782. The molecule has 17 heavy (non-hydrogen) atoms. The molecule has 0 saturated heterocycles. The van der Waals surface area contributed by atoms with E-state index in [1.54, 1.807) is 12.1 Å². The number of fused-ring (bicyclic) bond motifs is 1. The topological polar surface area (TPSA) is 103 Å². The van der Waals surface area contributed by atoms with E-state index in [4.69, 9.17) is 5.41 Å². The normalized spacial score (nSPS) is 10.8. The Hall–Kier alpha value is -2.70. The van der Waals surface area contributed by atoms with E-state index >= 15 is 0 Å². The van der Waals surface area contributed by atoms with Gasteiger partial charge in [-0.15, -0.1) is 0 Å². The number of nitrogens with zero attached hydrogens (tertiary/aromatic N) is 3. The minimum absolute atomic E-state index is 0.0426. The number of para-hydroxylation sites is 1. The summed E-state index contributed by atoms with van der Waals surface area (Å²) in [5.74, 6) is 0. The molecule has 0 aliphatic heterocycles. The first-order chi connectivity index (χ1) is 8.25. The van der Waals surface area contributed by atoms with Crippen LogP contribution in [-0.4, -0.2) is 25.0 Å². The van der Waals surface area contributed by atoms with Gasteiger partial charge in [0, 0.05) is 0 Å². The highest BCUT2D eigenvalue weighted by Gasteiger charge is 2.07. The molecule has 0 fully saturated rings. The molecule has 0 radical (unpaired) electrons. The van der Waals surface area contributed by atoms with Crippen molar-refractivity contribution in [1.82, 2.24) is 25.0 Å². The van der Waals surface area contributed by atoms with Gasteiger partial charge in [-0.1, -0.05) is 18.2 Å². The van der Waals surface area contributed by atoms with E-state index in [9.17, 15) is 4.79 Å². The minimum atomic E-state index is -0.350. The number of benzene rings is 1. The molecule has 0 amide bonds. The van der Waals surface area contributed by atoms with Gasteiger partial charge in [-0.3, -0.25) is 20.4 Å². The minimum Gasteiger partial charge on any atom is -0.279 e. The Morgan fingerprint density at radius 1 is 1.18 bits per heavy atom. The van der Waals surface area contributed by atoms with Crippen LogP contribution in [0.4, 0.5) is 0 Å². The highest BCUT2D eigenvalue weighted by molar-refractivity contribution is 5.66. The summed E-state index contributed by atoms with van der Waals surface area (Å²) in [5, 5.41) is 16.8. The average Bonchev–Trinajstić information content (AvgIpc) is 2.70. The summed E-state index contributed by atoms with van der Waals surface area (Å²) >= 11 is 0. The van der Waals surface area contributed by atoms with Crippen molar-refractivity contribution < 1.29 is 0 Å². The van der Waals surface area contributed by atoms with Crippen molar-refractivity contribution in [3.63, 3.8) is 0 Å². The quantitative estimate of drug-likeness (QED) is 0.542. The number of H-pyrrole nitrogens is 2. The number of aromatic amines is 2. The molecular formula is C10H8N6O. The number of nitrogens with one attached hydrogen (secondary N) is 3. The molecule has 0 aliphatic carbocycles. The SMILES string of the molecule is N=c1nc2[nH][nH]c(=O)c2nn1-c1ccccc1. The van der Waals surface area contributed by atoms with E-state index in [-0.39, 0.29) is 22.3 Å². The lowest BCUT2D eigenvalue weighted by molar-refractivity contribution is 0.749. The molecule has 7 heteroatoms. The second-order valence-corrected chi connectivity index (χ2v) is 3.46. The van der Waals surface area contributed by atoms with Crippen LogP contribution >= 0.6 is 0 Å². The Morgan fingerprint density at radius 3 is 2.71 bits per heavy atom. The van der Waals surface area contributed by atoms with E-state index in [1.165, 1.54) is 4.68 Å². The summed E-state index contributed by atoms with van der Waals surface area (Å²) in [6.07, 6.45) is 0. The fourth-order valence-corrected chi connectivity index (χ4v) is 1.57. The van der Waals surface area contributed by atoms with E-state index < -0.39 is 0 Å². The highest BCUT2D eigenvalue weighted by Crippen LogP contribution is 2.02. The average molecular weight is 228 g/mol. The molecule has 3 aromatic rings. The molecule has 0 unspecified atom stereocenters. The zero-order valence-corrected chi connectivity index (χ0v) is 8.64. The van der Waals surface area contributed by atoms with Crippen molar-refractivity contribution in [3.05, 3.63) is 46.3 Å². The van der Waals surface area contributed by atoms with Crippen LogP contribution in [0.25, 0.3) is 16.9 Å². The number of hydrogen-bond donors (Lipinski definition) is 3. The predicted molar refractivity (Wildman–Crippen MR) is 59.7 cm³/mol. The zero-order valence-electron chi connectivity index (χ0n) is 8.64. The van der Waals surface area contributed by atoms with Crippen molar-refractivity contribution >= 4 is 11.2 Å². The molecule has 3 N–H and O–H groups in total. The van der Waals surface area contributed by atoms with E-state index in [1.807, 2.05) is 18.2 Å². The van der Waals surface area contributed by atoms with Gasteiger partial charge in [-0.2, -0.15) is 14.8 Å². The third kappa shape index (κ3) is 1.44. The smallest absolute Gasteiger partial charge is 0.279 e. The maximum atomic E-state index is 11.4. The van der Waals surface area contributed by atoms with Gasteiger partial charge in [0.1, 0.15) is 0 Å². The Balaban J connectivity index is 2.37. The summed E-state index contributed by atoms with van der Waals surface area (Å²) in [6, 6.07) is 9.10. The third-order valence-electron chi connectivity index (χ3n) is 2.35. The lowest BCUT2D eigenvalue weighted by atomic mass is 10.3. The van der Waals surface area contributed by atoms with Crippen LogP contribution in [0.1, 0.15) is 0 Å². The summed E-state index contributed by atoms with van der Waals surface area (Å²) in [5.41, 5.74) is 0.765. The van der Waals surface area contributed by atoms with Gasteiger partial charge in [0.2, 0.25) is 5.62 Å². The second-order valence-electron chi connectivity index (χ2n) is 3.46. The molecule has 0 bridgehead atoms. The van der Waals surface area contributed by atoms with Gasteiger partial charge >= 0.3 is 0 Å². The van der Waals surface area contributed by atoms with Gasteiger partial charge in [0.05, 0.1) is 5.69 Å². The van der Waals surface area contributed by atoms with Gasteiger partial charge < -0.3 is 0 Å². The Labute approximate surface area is 94.3 Å².